The maximum atomic E-state index is 5.73. The first-order chi connectivity index (χ1) is 5.87. The second-order valence-corrected chi connectivity index (χ2v) is 4.77. The van der Waals surface area contributed by atoms with Gasteiger partial charge < -0.3 is 5.73 Å². The van der Waals surface area contributed by atoms with E-state index in [4.69, 9.17) is 5.73 Å². The van der Waals surface area contributed by atoms with Crippen LogP contribution in [0.1, 0.15) is 51.4 Å². The highest BCUT2D eigenvalue weighted by atomic mass is 14.7. The second kappa shape index (κ2) is 3.37. The van der Waals surface area contributed by atoms with E-state index in [1.165, 1.54) is 51.4 Å². The smallest absolute Gasteiger partial charge is 0.00433 e. The first-order valence-corrected chi connectivity index (χ1v) is 5.57. The van der Waals surface area contributed by atoms with Crippen molar-refractivity contribution in [3.63, 3.8) is 0 Å². The number of nitrogens with two attached hydrogens (primary N) is 1. The van der Waals surface area contributed by atoms with Crippen molar-refractivity contribution in [3.8, 4) is 0 Å². The SMILES string of the molecule is NCC1CC12CCCCCCC2. The molecule has 70 valence electrons. The molecule has 0 aromatic rings. The van der Waals surface area contributed by atoms with Crippen molar-refractivity contribution in [3.05, 3.63) is 0 Å². The Balaban J connectivity index is 1.87. The summed E-state index contributed by atoms with van der Waals surface area (Å²) < 4.78 is 0. The number of rotatable bonds is 1. The lowest BCUT2D eigenvalue weighted by atomic mass is 9.86. The van der Waals surface area contributed by atoms with Gasteiger partial charge in [0, 0.05) is 0 Å². The summed E-state index contributed by atoms with van der Waals surface area (Å²) >= 11 is 0. The fourth-order valence-electron chi connectivity index (χ4n) is 2.99. The zero-order chi connectivity index (χ0) is 8.44. The highest BCUT2D eigenvalue weighted by Crippen LogP contribution is 2.59. The molecule has 0 amide bonds. The van der Waals surface area contributed by atoms with E-state index in [1.54, 1.807) is 0 Å². The average Bonchev–Trinajstić information content (AvgIpc) is 2.73. The van der Waals surface area contributed by atoms with Crippen molar-refractivity contribution >= 4 is 0 Å². The molecule has 2 saturated carbocycles. The van der Waals surface area contributed by atoms with Gasteiger partial charge in [-0.05, 0) is 37.1 Å². The summed E-state index contributed by atoms with van der Waals surface area (Å²) in [7, 11) is 0. The Morgan fingerprint density at radius 3 is 2.08 bits per heavy atom. The van der Waals surface area contributed by atoms with Gasteiger partial charge in [0.15, 0.2) is 0 Å². The summed E-state index contributed by atoms with van der Waals surface area (Å²) in [6.45, 7) is 0.944. The molecule has 2 fully saturated rings. The maximum Gasteiger partial charge on any atom is -0.00433 e. The van der Waals surface area contributed by atoms with Gasteiger partial charge >= 0.3 is 0 Å². The van der Waals surface area contributed by atoms with Crippen LogP contribution in [0, 0.1) is 11.3 Å². The van der Waals surface area contributed by atoms with E-state index in [-0.39, 0.29) is 0 Å². The Hall–Kier alpha value is -0.0400. The molecular formula is C11H21N. The van der Waals surface area contributed by atoms with Crippen LogP contribution in [0.5, 0.6) is 0 Å². The van der Waals surface area contributed by atoms with Crippen LogP contribution in [0.15, 0.2) is 0 Å². The minimum Gasteiger partial charge on any atom is -0.330 e. The van der Waals surface area contributed by atoms with Crippen LogP contribution < -0.4 is 5.73 Å². The zero-order valence-electron chi connectivity index (χ0n) is 8.02. The molecule has 2 N–H and O–H groups in total. The summed E-state index contributed by atoms with van der Waals surface area (Å²) in [5, 5.41) is 0. The van der Waals surface area contributed by atoms with Crippen molar-refractivity contribution in [1.82, 2.24) is 0 Å². The predicted octanol–water partition coefficient (Wildman–Crippen LogP) is 2.70. The molecule has 1 atom stereocenters. The number of hydrogen-bond donors (Lipinski definition) is 1. The Bertz CT molecular complexity index is 145. The van der Waals surface area contributed by atoms with Crippen LogP contribution >= 0.6 is 0 Å². The minimum absolute atomic E-state index is 0.745. The van der Waals surface area contributed by atoms with Gasteiger partial charge in [0.1, 0.15) is 0 Å². The van der Waals surface area contributed by atoms with E-state index in [1.807, 2.05) is 0 Å². The summed E-state index contributed by atoms with van der Waals surface area (Å²) in [6, 6.07) is 0. The van der Waals surface area contributed by atoms with Crippen molar-refractivity contribution in [2.75, 3.05) is 6.54 Å². The standard InChI is InChI=1S/C11H21N/c12-9-10-8-11(10)6-4-2-1-3-5-7-11/h10H,1-9,12H2. The summed E-state index contributed by atoms with van der Waals surface area (Å²) in [6.07, 6.45) is 11.8. The Morgan fingerprint density at radius 2 is 1.58 bits per heavy atom. The molecule has 1 nitrogen and oxygen atoms in total. The summed E-state index contributed by atoms with van der Waals surface area (Å²) in [5.41, 5.74) is 6.47. The van der Waals surface area contributed by atoms with Crippen molar-refractivity contribution in [2.24, 2.45) is 17.1 Å². The molecular weight excluding hydrogens is 146 g/mol. The summed E-state index contributed by atoms with van der Waals surface area (Å²) in [4.78, 5) is 0. The molecule has 1 spiro atoms. The molecule has 0 bridgehead atoms. The van der Waals surface area contributed by atoms with Crippen molar-refractivity contribution in [1.29, 1.82) is 0 Å². The van der Waals surface area contributed by atoms with E-state index in [0.29, 0.717) is 0 Å². The van der Waals surface area contributed by atoms with Crippen LogP contribution in [0.3, 0.4) is 0 Å². The van der Waals surface area contributed by atoms with Gasteiger partial charge in [-0.3, -0.25) is 0 Å². The van der Waals surface area contributed by atoms with Gasteiger partial charge in [-0.25, -0.2) is 0 Å². The van der Waals surface area contributed by atoms with E-state index in [2.05, 4.69) is 0 Å². The maximum absolute atomic E-state index is 5.73. The topological polar surface area (TPSA) is 26.0 Å². The molecule has 0 saturated heterocycles. The summed E-state index contributed by atoms with van der Waals surface area (Å²) in [5.74, 6) is 0.899. The van der Waals surface area contributed by atoms with E-state index < -0.39 is 0 Å². The molecule has 0 aromatic carbocycles. The average molecular weight is 167 g/mol. The first-order valence-electron chi connectivity index (χ1n) is 5.57. The molecule has 1 heteroatoms. The van der Waals surface area contributed by atoms with E-state index in [9.17, 15) is 0 Å². The lowest BCUT2D eigenvalue weighted by Crippen LogP contribution is -2.12. The van der Waals surface area contributed by atoms with Crippen molar-refractivity contribution in [2.45, 2.75) is 51.4 Å². The molecule has 1 unspecified atom stereocenters. The first kappa shape index (κ1) is 8.55. The normalized spacial score (nSPS) is 34.2. The monoisotopic (exact) mass is 167 g/mol. The van der Waals surface area contributed by atoms with E-state index in [0.717, 1.165) is 17.9 Å². The van der Waals surface area contributed by atoms with E-state index >= 15 is 0 Å². The molecule has 0 aliphatic heterocycles. The fourth-order valence-corrected chi connectivity index (χ4v) is 2.99. The quantitative estimate of drug-likeness (QED) is 0.638. The van der Waals surface area contributed by atoms with Crippen LogP contribution in [0.25, 0.3) is 0 Å². The third-order valence-electron chi connectivity index (χ3n) is 3.99. The van der Waals surface area contributed by atoms with Gasteiger partial charge in [0.2, 0.25) is 0 Å². The molecule has 2 aliphatic rings. The van der Waals surface area contributed by atoms with Crippen LogP contribution in [0.2, 0.25) is 0 Å². The zero-order valence-corrected chi connectivity index (χ0v) is 8.02. The molecule has 0 aromatic heterocycles. The van der Waals surface area contributed by atoms with Gasteiger partial charge in [0.25, 0.3) is 0 Å². The van der Waals surface area contributed by atoms with Crippen LogP contribution in [-0.4, -0.2) is 6.54 Å². The third kappa shape index (κ3) is 1.52. The molecule has 2 rings (SSSR count). The largest absolute Gasteiger partial charge is 0.330 e. The fraction of sp³-hybridized carbons (Fsp3) is 1.00. The number of hydrogen-bond acceptors (Lipinski definition) is 1. The Kier molecular flexibility index (Phi) is 2.40. The highest BCUT2D eigenvalue weighted by Gasteiger charge is 2.51. The highest BCUT2D eigenvalue weighted by molar-refractivity contribution is 5.02. The van der Waals surface area contributed by atoms with Gasteiger partial charge in [-0.2, -0.15) is 0 Å². The Labute approximate surface area is 75.7 Å². The van der Waals surface area contributed by atoms with Crippen LogP contribution in [-0.2, 0) is 0 Å². The molecule has 0 heterocycles. The van der Waals surface area contributed by atoms with Gasteiger partial charge in [-0.1, -0.05) is 32.1 Å². The van der Waals surface area contributed by atoms with Gasteiger partial charge in [0.05, 0.1) is 0 Å². The lowest BCUT2D eigenvalue weighted by Gasteiger charge is -2.19. The minimum atomic E-state index is 0.745. The predicted molar refractivity (Wildman–Crippen MR) is 51.9 cm³/mol. The molecule has 0 radical (unpaired) electrons. The molecule has 12 heavy (non-hydrogen) atoms. The molecule has 2 aliphatic carbocycles. The third-order valence-corrected chi connectivity index (χ3v) is 3.99. The van der Waals surface area contributed by atoms with Crippen LogP contribution in [0.4, 0.5) is 0 Å². The van der Waals surface area contributed by atoms with Crippen molar-refractivity contribution < 1.29 is 0 Å². The van der Waals surface area contributed by atoms with Gasteiger partial charge in [-0.15, -0.1) is 0 Å². The second-order valence-electron chi connectivity index (χ2n) is 4.77. The lowest BCUT2D eigenvalue weighted by molar-refractivity contribution is 0.331. The Morgan fingerprint density at radius 1 is 1.00 bits per heavy atom.